The molecule has 0 spiro atoms. The van der Waals surface area contributed by atoms with Gasteiger partial charge in [0.1, 0.15) is 11.9 Å². The van der Waals surface area contributed by atoms with Crippen molar-refractivity contribution in [3.05, 3.63) is 34.9 Å². The minimum Gasteiger partial charge on any atom is -0.468 e. The highest BCUT2D eigenvalue weighted by Gasteiger charge is 2.48. The number of carbonyl (C=O) groups excluding carboxylic acids is 1. The first-order chi connectivity index (χ1) is 11.5. The Bertz CT molecular complexity index is 676. The molecule has 0 amide bonds. The largest absolute Gasteiger partial charge is 0.468 e. The molecule has 1 aromatic rings. The molecular formula is C20H26O4. The summed E-state index contributed by atoms with van der Waals surface area (Å²) in [6.07, 6.45) is 3.73. The highest BCUT2D eigenvalue weighted by molar-refractivity contribution is 6.08. The molecule has 0 radical (unpaired) electrons. The second-order valence-electron chi connectivity index (χ2n) is 7.01. The molecule has 0 saturated carbocycles. The van der Waals surface area contributed by atoms with E-state index in [-0.39, 0.29) is 18.0 Å². The van der Waals surface area contributed by atoms with Crippen LogP contribution in [-0.2, 0) is 16.0 Å². The Hall–Kier alpha value is -1.65. The molecule has 2 unspecified atom stereocenters. The lowest BCUT2D eigenvalue weighted by Gasteiger charge is -2.38. The van der Waals surface area contributed by atoms with Crippen molar-refractivity contribution >= 4 is 11.4 Å². The molecule has 0 bridgehead atoms. The molecule has 3 rings (SSSR count). The van der Waals surface area contributed by atoms with Gasteiger partial charge in [-0.25, -0.2) is 0 Å². The summed E-state index contributed by atoms with van der Waals surface area (Å²) in [4.78, 5) is 12.4. The number of carbonyl (C=O) groups is 1. The van der Waals surface area contributed by atoms with Crippen molar-refractivity contribution in [1.29, 1.82) is 0 Å². The summed E-state index contributed by atoms with van der Waals surface area (Å²) >= 11 is 0. The van der Waals surface area contributed by atoms with Gasteiger partial charge in [-0.1, -0.05) is 25.8 Å². The molecule has 0 fully saturated rings. The van der Waals surface area contributed by atoms with Crippen molar-refractivity contribution in [2.75, 3.05) is 13.9 Å². The van der Waals surface area contributed by atoms with Crippen LogP contribution in [-0.4, -0.2) is 30.9 Å². The number of ether oxygens (including phenoxy) is 2. The topological polar surface area (TPSA) is 55.8 Å². The summed E-state index contributed by atoms with van der Waals surface area (Å²) in [5, 5.41) is 10.3. The molecular weight excluding hydrogens is 304 g/mol. The van der Waals surface area contributed by atoms with Crippen LogP contribution < -0.4 is 4.74 Å². The molecule has 1 aromatic carbocycles. The van der Waals surface area contributed by atoms with Crippen LogP contribution in [0.5, 0.6) is 5.75 Å². The summed E-state index contributed by atoms with van der Waals surface area (Å²) in [6, 6.07) is 6.04. The van der Waals surface area contributed by atoms with Gasteiger partial charge in [0.2, 0.25) is 0 Å². The van der Waals surface area contributed by atoms with Gasteiger partial charge in [-0.05, 0) is 60.6 Å². The van der Waals surface area contributed by atoms with Crippen LogP contribution in [0.2, 0.25) is 0 Å². The second kappa shape index (κ2) is 6.69. The van der Waals surface area contributed by atoms with E-state index in [0.29, 0.717) is 6.42 Å². The average Bonchev–Trinajstić information content (AvgIpc) is 2.89. The normalized spacial score (nSPS) is 25.7. The smallest absolute Gasteiger partial charge is 0.188 e. The molecule has 0 aliphatic heterocycles. The number of hydrogen-bond acceptors (Lipinski definition) is 4. The quantitative estimate of drug-likeness (QED) is 0.811. The van der Waals surface area contributed by atoms with Gasteiger partial charge < -0.3 is 14.6 Å². The van der Waals surface area contributed by atoms with E-state index in [9.17, 15) is 9.90 Å². The molecule has 24 heavy (non-hydrogen) atoms. The van der Waals surface area contributed by atoms with E-state index in [2.05, 4.69) is 19.1 Å². The van der Waals surface area contributed by atoms with E-state index in [4.69, 9.17) is 9.47 Å². The fourth-order valence-corrected chi connectivity index (χ4v) is 4.36. The summed E-state index contributed by atoms with van der Waals surface area (Å²) in [7, 11) is 1.60. The maximum Gasteiger partial charge on any atom is 0.188 e. The van der Waals surface area contributed by atoms with Crippen LogP contribution in [0.1, 0.15) is 50.7 Å². The first kappa shape index (κ1) is 17.2. The van der Waals surface area contributed by atoms with E-state index < -0.39 is 6.10 Å². The number of allylic oxidation sites excluding steroid dienone is 1. The third-order valence-electron chi connectivity index (χ3n) is 5.39. The van der Waals surface area contributed by atoms with Crippen LogP contribution in [0.4, 0.5) is 0 Å². The lowest BCUT2D eigenvalue weighted by Crippen LogP contribution is -2.37. The molecule has 0 saturated heterocycles. The first-order valence-electron chi connectivity index (χ1n) is 8.71. The Balaban J connectivity index is 2.04. The molecule has 2 aliphatic rings. The van der Waals surface area contributed by atoms with Gasteiger partial charge in [-0.15, -0.1) is 0 Å². The van der Waals surface area contributed by atoms with Crippen LogP contribution in [0.3, 0.4) is 0 Å². The Kier molecular flexibility index (Phi) is 4.79. The number of aliphatic hydroxyl groups is 1. The standard InChI is InChI=1S/C20H26O4/c1-4-5-8-20-10-14-9-15(24-12-23-3)6-7-16(14)18(20)13(2)19(22)17(21)11-20/h6-7,9,17,21H,4-5,8,10-12H2,1-3H3. The van der Waals surface area contributed by atoms with Gasteiger partial charge in [-0.3, -0.25) is 4.79 Å². The molecule has 1 N–H and O–H groups in total. The summed E-state index contributed by atoms with van der Waals surface area (Å²) in [5.41, 5.74) is 4.12. The predicted octanol–water partition coefficient (Wildman–Crippen LogP) is 3.51. The summed E-state index contributed by atoms with van der Waals surface area (Å²) in [6.45, 7) is 4.26. The number of benzene rings is 1. The fraction of sp³-hybridized carbons (Fsp3) is 0.550. The number of aliphatic hydroxyl groups excluding tert-OH is 1. The zero-order valence-electron chi connectivity index (χ0n) is 14.7. The van der Waals surface area contributed by atoms with Crippen molar-refractivity contribution in [2.45, 2.75) is 52.1 Å². The number of hydrogen-bond donors (Lipinski definition) is 1. The number of unbranched alkanes of at least 4 members (excludes halogenated alkanes) is 1. The Labute approximate surface area is 143 Å². The molecule has 130 valence electrons. The van der Waals surface area contributed by atoms with E-state index in [0.717, 1.165) is 48.1 Å². The maximum absolute atomic E-state index is 12.4. The van der Waals surface area contributed by atoms with Crippen LogP contribution >= 0.6 is 0 Å². The molecule has 0 heterocycles. The van der Waals surface area contributed by atoms with Crippen molar-refractivity contribution in [3.8, 4) is 5.75 Å². The van der Waals surface area contributed by atoms with Gasteiger partial charge in [0.15, 0.2) is 12.6 Å². The van der Waals surface area contributed by atoms with Gasteiger partial charge in [0.25, 0.3) is 0 Å². The lowest BCUT2D eigenvalue weighted by atomic mass is 9.66. The third kappa shape index (κ3) is 2.78. The minimum atomic E-state index is -0.871. The zero-order valence-corrected chi connectivity index (χ0v) is 14.7. The molecule has 4 heteroatoms. The molecule has 2 aliphatic carbocycles. The zero-order chi connectivity index (χ0) is 17.3. The monoisotopic (exact) mass is 330 g/mol. The van der Waals surface area contributed by atoms with Crippen molar-refractivity contribution in [1.82, 2.24) is 0 Å². The highest BCUT2D eigenvalue weighted by Crippen LogP contribution is 2.56. The second-order valence-corrected chi connectivity index (χ2v) is 7.01. The number of methoxy groups -OCH3 is 1. The van der Waals surface area contributed by atoms with Gasteiger partial charge in [0, 0.05) is 12.5 Å². The summed E-state index contributed by atoms with van der Waals surface area (Å²) in [5.74, 6) is 0.662. The van der Waals surface area contributed by atoms with Crippen molar-refractivity contribution in [3.63, 3.8) is 0 Å². The van der Waals surface area contributed by atoms with Crippen LogP contribution in [0.25, 0.3) is 5.57 Å². The number of Topliss-reactive ketones (excluding diaryl/α,β-unsaturated/α-hetero) is 1. The Morgan fingerprint density at radius 2 is 2.17 bits per heavy atom. The van der Waals surface area contributed by atoms with Crippen LogP contribution in [0.15, 0.2) is 23.8 Å². The Morgan fingerprint density at radius 3 is 2.88 bits per heavy atom. The first-order valence-corrected chi connectivity index (χ1v) is 8.71. The molecule has 0 aromatic heterocycles. The van der Waals surface area contributed by atoms with E-state index in [1.807, 2.05) is 13.0 Å². The molecule has 2 atom stereocenters. The minimum absolute atomic E-state index is 0.115. The van der Waals surface area contributed by atoms with E-state index in [1.54, 1.807) is 7.11 Å². The number of fused-ring (bicyclic) bond motifs is 3. The van der Waals surface area contributed by atoms with E-state index >= 15 is 0 Å². The predicted molar refractivity (Wildman–Crippen MR) is 92.8 cm³/mol. The average molecular weight is 330 g/mol. The van der Waals surface area contributed by atoms with Gasteiger partial charge in [-0.2, -0.15) is 0 Å². The van der Waals surface area contributed by atoms with E-state index in [1.165, 1.54) is 5.56 Å². The number of rotatable bonds is 6. The Morgan fingerprint density at radius 1 is 1.38 bits per heavy atom. The van der Waals surface area contributed by atoms with Crippen molar-refractivity contribution in [2.24, 2.45) is 5.41 Å². The third-order valence-corrected chi connectivity index (χ3v) is 5.39. The fourth-order valence-electron chi connectivity index (χ4n) is 4.36. The summed E-state index contributed by atoms with van der Waals surface area (Å²) < 4.78 is 10.5. The van der Waals surface area contributed by atoms with Crippen molar-refractivity contribution < 1.29 is 19.4 Å². The molecule has 4 nitrogen and oxygen atoms in total. The number of ketones is 1. The maximum atomic E-state index is 12.4. The van der Waals surface area contributed by atoms with Gasteiger partial charge in [0.05, 0.1) is 0 Å². The highest BCUT2D eigenvalue weighted by atomic mass is 16.7. The van der Waals surface area contributed by atoms with Gasteiger partial charge >= 0.3 is 0 Å². The van der Waals surface area contributed by atoms with Crippen LogP contribution in [0, 0.1) is 5.41 Å². The SMILES string of the molecule is CCCCC12Cc3cc(OCOC)ccc3C1=C(C)C(=O)C(O)C2. The lowest BCUT2D eigenvalue weighted by molar-refractivity contribution is -0.125.